The Bertz CT molecular complexity index is 349. The van der Waals surface area contributed by atoms with E-state index >= 15 is 0 Å². The first-order chi connectivity index (χ1) is 8.65. The Morgan fingerprint density at radius 3 is 2.44 bits per heavy atom. The maximum atomic E-state index is 4.43. The van der Waals surface area contributed by atoms with Gasteiger partial charge in [-0.2, -0.15) is 0 Å². The maximum absolute atomic E-state index is 4.43. The average molecular weight is 270 g/mol. The highest BCUT2D eigenvalue weighted by Crippen LogP contribution is 2.25. The first-order valence-corrected chi connectivity index (χ1v) is 7.86. The molecule has 1 aromatic rings. The number of hydrogen-bond acceptors (Lipinski definition) is 4. The van der Waals surface area contributed by atoms with Gasteiger partial charge in [0.05, 0.1) is 6.04 Å². The maximum Gasteiger partial charge on any atom is 0.191 e. The number of aromatic nitrogens is 3. The van der Waals surface area contributed by atoms with E-state index in [-0.39, 0.29) is 0 Å². The van der Waals surface area contributed by atoms with Crippen molar-refractivity contribution in [1.82, 2.24) is 19.7 Å². The summed E-state index contributed by atoms with van der Waals surface area (Å²) in [5.74, 6) is 2.16. The second kappa shape index (κ2) is 7.79. The summed E-state index contributed by atoms with van der Waals surface area (Å²) in [7, 11) is 4.22. The van der Waals surface area contributed by atoms with Crippen LogP contribution < -0.4 is 0 Å². The van der Waals surface area contributed by atoms with Crippen molar-refractivity contribution in [1.29, 1.82) is 0 Å². The number of unbranched alkanes of at least 4 members (excludes halogenated alkanes) is 1. The summed E-state index contributed by atoms with van der Waals surface area (Å²) in [5.41, 5.74) is 0. The van der Waals surface area contributed by atoms with Gasteiger partial charge in [-0.15, -0.1) is 10.2 Å². The number of nitrogens with zero attached hydrogens (tertiary/aromatic N) is 4. The molecule has 1 aromatic heterocycles. The first kappa shape index (κ1) is 15.5. The lowest BCUT2D eigenvalue weighted by Crippen LogP contribution is -2.23. The Morgan fingerprint density at radius 1 is 1.22 bits per heavy atom. The lowest BCUT2D eigenvalue weighted by molar-refractivity contribution is 0.270. The summed E-state index contributed by atoms with van der Waals surface area (Å²) in [6, 6.07) is 0.362. The van der Waals surface area contributed by atoms with Gasteiger partial charge in [0, 0.05) is 6.54 Å². The molecule has 18 heavy (non-hydrogen) atoms. The molecule has 1 rings (SSSR count). The van der Waals surface area contributed by atoms with Crippen LogP contribution in [0.2, 0.25) is 0 Å². The van der Waals surface area contributed by atoms with E-state index < -0.39 is 0 Å². The van der Waals surface area contributed by atoms with E-state index in [1.807, 2.05) is 0 Å². The summed E-state index contributed by atoms with van der Waals surface area (Å²) in [5, 5.41) is 9.86. The van der Waals surface area contributed by atoms with Gasteiger partial charge >= 0.3 is 0 Å². The second-order valence-electron chi connectivity index (χ2n) is 4.67. The summed E-state index contributed by atoms with van der Waals surface area (Å²) in [6.07, 6.45) is 3.45. The molecule has 0 aromatic carbocycles. The quantitative estimate of drug-likeness (QED) is 0.679. The lowest BCUT2D eigenvalue weighted by atomic mass is 10.2. The van der Waals surface area contributed by atoms with Crippen molar-refractivity contribution in [2.45, 2.75) is 57.8 Å². The molecule has 0 saturated heterocycles. The molecule has 5 heteroatoms. The molecule has 0 bridgehead atoms. The third-order valence-electron chi connectivity index (χ3n) is 3.06. The van der Waals surface area contributed by atoms with Gasteiger partial charge in [0.2, 0.25) is 0 Å². The highest BCUT2D eigenvalue weighted by Gasteiger charge is 2.21. The molecule has 0 spiro atoms. The minimum absolute atomic E-state index is 0.362. The summed E-state index contributed by atoms with van der Waals surface area (Å²) >= 11 is 1.78. The van der Waals surface area contributed by atoms with Crippen LogP contribution in [-0.4, -0.2) is 39.5 Å². The molecule has 1 atom stereocenters. The summed E-state index contributed by atoms with van der Waals surface area (Å²) in [4.78, 5) is 2.23. The number of hydrogen-bond donors (Lipinski definition) is 0. The van der Waals surface area contributed by atoms with Crippen molar-refractivity contribution in [3.63, 3.8) is 0 Å². The van der Waals surface area contributed by atoms with Gasteiger partial charge < -0.3 is 4.57 Å². The standard InChI is InChI=1S/C13H26N4S/c1-6-9-10-17-12(11(7-2)16(4)5)14-15-13(17)18-8-3/h11H,6-10H2,1-5H3. The Kier molecular flexibility index (Phi) is 6.71. The van der Waals surface area contributed by atoms with Crippen LogP contribution in [0.5, 0.6) is 0 Å². The number of thioether (sulfide) groups is 1. The van der Waals surface area contributed by atoms with Gasteiger partial charge in [-0.1, -0.05) is 39.0 Å². The van der Waals surface area contributed by atoms with Crippen LogP contribution in [0.4, 0.5) is 0 Å². The van der Waals surface area contributed by atoms with Crippen LogP contribution in [0.15, 0.2) is 5.16 Å². The topological polar surface area (TPSA) is 34.0 Å². The van der Waals surface area contributed by atoms with E-state index in [0.717, 1.165) is 29.7 Å². The number of rotatable bonds is 8. The van der Waals surface area contributed by atoms with Crippen molar-refractivity contribution >= 4 is 11.8 Å². The zero-order valence-corrected chi connectivity index (χ0v) is 13.1. The third kappa shape index (κ3) is 3.72. The highest BCUT2D eigenvalue weighted by molar-refractivity contribution is 7.99. The largest absolute Gasteiger partial charge is 0.305 e. The monoisotopic (exact) mass is 270 g/mol. The van der Waals surface area contributed by atoms with Crippen molar-refractivity contribution in [2.24, 2.45) is 0 Å². The predicted octanol–water partition coefficient (Wildman–Crippen LogP) is 3.20. The van der Waals surface area contributed by atoms with Crippen LogP contribution in [0.25, 0.3) is 0 Å². The molecule has 0 amide bonds. The minimum atomic E-state index is 0.362. The van der Waals surface area contributed by atoms with E-state index in [1.165, 1.54) is 12.8 Å². The van der Waals surface area contributed by atoms with Crippen LogP contribution in [0, 0.1) is 0 Å². The SMILES string of the molecule is CCCCn1c(SCC)nnc1C(CC)N(C)C. The molecule has 1 heterocycles. The molecular weight excluding hydrogens is 244 g/mol. The molecule has 104 valence electrons. The van der Waals surface area contributed by atoms with E-state index in [4.69, 9.17) is 0 Å². The van der Waals surface area contributed by atoms with Gasteiger partial charge in [0.15, 0.2) is 11.0 Å². The average Bonchev–Trinajstić information content (AvgIpc) is 2.71. The van der Waals surface area contributed by atoms with Crippen molar-refractivity contribution in [3.05, 3.63) is 5.82 Å². The molecule has 0 fully saturated rings. The third-order valence-corrected chi connectivity index (χ3v) is 3.91. The van der Waals surface area contributed by atoms with Gasteiger partial charge in [0.25, 0.3) is 0 Å². The van der Waals surface area contributed by atoms with Crippen LogP contribution >= 0.6 is 11.8 Å². The summed E-state index contributed by atoms with van der Waals surface area (Å²) in [6.45, 7) is 7.62. The van der Waals surface area contributed by atoms with Crippen LogP contribution in [-0.2, 0) is 6.54 Å². The molecule has 0 aliphatic rings. The zero-order chi connectivity index (χ0) is 13.5. The Hall–Kier alpha value is -0.550. The Balaban J connectivity index is 3.01. The Morgan fingerprint density at radius 2 is 1.94 bits per heavy atom. The van der Waals surface area contributed by atoms with Gasteiger partial charge in [-0.3, -0.25) is 4.90 Å². The zero-order valence-electron chi connectivity index (χ0n) is 12.3. The fourth-order valence-corrected chi connectivity index (χ4v) is 2.78. The van der Waals surface area contributed by atoms with Crippen molar-refractivity contribution < 1.29 is 0 Å². The fraction of sp³-hybridized carbons (Fsp3) is 0.846. The van der Waals surface area contributed by atoms with E-state index in [2.05, 4.69) is 54.5 Å². The van der Waals surface area contributed by atoms with Crippen molar-refractivity contribution in [3.8, 4) is 0 Å². The lowest BCUT2D eigenvalue weighted by Gasteiger charge is -2.23. The van der Waals surface area contributed by atoms with E-state index in [1.54, 1.807) is 11.8 Å². The highest BCUT2D eigenvalue weighted by atomic mass is 32.2. The molecule has 0 N–H and O–H groups in total. The van der Waals surface area contributed by atoms with Crippen LogP contribution in [0.1, 0.15) is 51.9 Å². The fourth-order valence-electron chi connectivity index (χ4n) is 2.09. The van der Waals surface area contributed by atoms with Crippen molar-refractivity contribution in [2.75, 3.05) is 19.8 Å². The molecule has 1 unspecified atom stereocenters. The van der Waals surface area contributed by atoms with Gasteiger partial charge in [0.1, 0.15) is 0 Å². The molecule has 0 radical (unpaired) electrons. The molecule has 0 saturated carbocycles. The molecule has 4 nitrogen and oxygen atoms in total. The normalized spacial score (nSPS) is 13.2. The molecule has 0 aliphatic carbocycles. The second-order valence-corrected chi connectivity index (χ2v) is 5.90. The van der Waals surface area contributed by atoms with E-state index in [9.17, 15) is 0 Å². The van der Waals surface area contributed by atoms with E-state index in [0.29, 0.717) is 6.04 Å². The first-order valence-electron chi connectivity index (χ1n) is 6.87. The predicted molar refractivity (Wildman–Crippen MR) is 78.0 cm³/mol. The Labute approximate surface area is 115 Å². The minimum Gasteiger partial charge on any atom is -0.305 e. The van der Waals surface area contributed by atoms with Crippen LogP contribution in [0.3, 0.4) is 0 Å². The van der Waals surface area contributed by atoms with Gasteiger partial charge in [-0.25, -0.2) is 0 Å². The summed E-state index contributed by atoms with van der Waals surface area (Å²) < 4.78 is 2.31. The molecular formula is C13H26N4S. The smallest absolute Gasteiger partial charge is 0.191 e. The molecule has 0 aliphatic heterocycles. The van der Waals surface area contributed by atoms with Gasteiger partial charge in [-0.05, 0) is 32.7 Å².